The lowest BCUT2D eigenvalue weighted by atomic mass is 9.96. The molecule has 0 spiro atoms. The van der Waals surface area contributed by atoms with Crippen molar-refractivity contribution in [2.75, 3.05) is 6.54 Å². The van der Waals surface area contributed by atoms with Gasteiger partial charge in [-0.25, -0.2) is 4.39 Å². The zero-order valence-corrected chi connectivity index (χ0v) is 10.8. The SMILES string of the molecule is CCC(CN)C(=O)Cc1ccc(F)c(Br)c1. The standard InChI is InChI=1S/C12H15BrFNO/c1-2-9(7-15)12(16)6-8-3-4-11(14)10(13)5-8/h3-5,9H,2,6-7,15H2,1H3. The first-order valence-corrected chi connectivity index (χ1v) is 6.04. The van der Waals surface area contributed by atoms with E-state index in [2.05, 4.69) is 15.9 Å². The highest BCUT2D eigenvalue weighted by Gasteiger charge is 2.15. The van der Waals surface area contributed by atoms with Crippen LogP contribution in [-0.2, 0) is 11.2 Å². The number of hydrogen-bond donors (Lipinski definition) is 1. The second-order valence-corrected chi connectivity index (χ2v) is 4.59. The van der Waals surface area contributed by atoms with E-state index in [-0.39, 0.29) is 17.5 Å². The first-order valence-electron chi connectivity index (χ1n) is 5.25. The van der Waals surface area contributed by atoms with Crippen molar-refractivity contribution in [3.05, 3.63) is 34.1 Å². The Morgan fingerprint density at radius 3 is 2.75 bits per heavy atom. The fourth-order valence-corrected chi connectivity index (χ4v) is 1.95. The van der Waals surface area contributed by atoms with E-state index in [0.29, 0.717) is 17.4 Å². The van der Waals surface area contributed by atoms with Gasteiger partial charge in [-0.1, -0.05) is 13.0 Å². The Hall–Kier alpha value is -0.740. The van der Waals surface area contributed by atoms with E-state index in [9.17, 15) is 9.18 Å². The molecule has 1 unspecified atom stereocenters. The molecule has 0 aliphatic rings. The van der Waals surface area contributed by atoms with Gasteiger partial charge in [-0.15, -0.1) is 0 Å². The Morgan fingerprint density at radius 1 is 1.56 bits per heavy atom. The van der Waals surface area contributed by atoms with Gasteiger partial charge in [-0.05, 0) is 40.0 Å². The lowest BCUT2D eigenvalue weighted by Crippen LogP contribution is -2.24. The monoisotopic (exact) mass is 287 g/mol. The molecule has 2 nitrogen and oxygen atoms in total. The highest BCUT2D eigenvalue weighted by molar-refractivity contribution is 9.10. The zero-order chi connectivity index (χ0) is 12.1. The second kappa shape index (κ2) is 6.11. The molecule has 88 valence electrons. The van der Waals surface area contributed by atoms with Gasteiger partial charge in [0, 0.05) is 18.9 Å². The average Bonchev–Trinajstić information content (AvgIpc) is 2.25. The topological polar surface area (TPSA) is 43.1 Å². The summed E-state index contributed by atoms with van der Waals surface area (Å²) in [7, 11) is 0. The third-order valence-electron chi connectivity index (χ3n) is 2.60. The third kappa shape index (κ3) is 3.39. The molecule has 1 atom stereocenters. The first kappa shape index (κ1) is 13.3. The van der Waals surface area contributed by atoms with E-state index in [0.717, 1.165) is 12.0 Å². The molecule has 0 aliphatic carbocycles. The van der Waals surface area contributed by atoms with Crippen LogP contribution in [0, 0.1) is 11.7 Å². The van der Waals surface area contributed by atoms with Crippen LogP contribution >= 0.6 is 15.9 Å². The molecule has 0 amide bonds. The maximum Gasteiger partial charge on any atom is 0.141 e. The number of benzene rings is 1. The summed E-state index contributed by atoms with van der Waals surface area (Å²) in [6.45, 7) is 2.31. The normalized spacial score (nSPS) is 12.5. The van der Waals surface area contributed by atoms with E-state index in [1.807, 2.05) is 6.92 Å². The summed E-state index contributed by atoms with van der Waals surface area (Å²) in [6, 6.07) is 4.62. The second-order valence-electron chi connectivity index (χ2n) is 3.73. The number of hydrogen-bond acceptors (Lipinski definition) is 2. The summed E-state index contributed by atoms with van der Waals surface area (Å²) in [5.41, 5.74) is 6.31. The highest BCUT2D eigenvalue weighted by atomic mass is 79.9. The Kier molecular flexibility index (Phi) is 5.09. The minimum absolute atomic E-state index is 0.0937. The number of carbonyl (C=O) groups excluding carboxylic acids is 1. The lowest BCUT2D eigenvalue weighted by molar-refractivity contribution is -0.122. The minimum Gasteiger partial charge on any atom is -0.330 e. The summed E-state index contributed by atoms with van der Waals surface area (Å²) < 4.78 is 13.4. The molecule has 16 heavy (non-hydrogen) atoms. The van der Waals surface area contributed by atoms with Crippen LogP contribution in [0.4, 0.5) is 4.39 Å². The van der Waals surface area contributed by atoms with Crippen LogP contribution in [0.15, 0.2) is 22.7 Å². The lowest BCUT2D eigenvalue weighted by Gasteiger charge is -2.10. The maximum atomic E-state index is 13.0. The molecular formula is C12H15BrFNO. The van der Waals surface area contributed by atoms with Crippen molar-refractivity contribution in [3.63, 3.8) is 0 Å². The molecule has 2 N–H and O–H groups in total. The van der Waals surface area contributed by atoms with Crippen LogP contribution in [0.1, 0.15) is 18.9 Å². The molecule has 0 bridgehead atoms. The fraction of sp³-hybridized carbons (Fsp3) is 0.417. The summed E-state index contributed by atoms with van der Waals surface area (Å²) in [4.78, 5) is 11.8. The number of ketones is 1. The van der Waals surface area contributed by atoms with E-state index in [4.69, 9.17) is 5.73 Å². The molecule has 0 heterocycles. The third-order valence-corrected chi connectivity index (χ3v) is 3.20. The van der Waals surface area contributed by atoms with Crippen molar-refractivity contribution in [1.29, 1.82) is 0 Å². The van der Waals surface area contributed by atoms with Gasteiger partial charge in [0.1, 0.15) is 11.6 Å². The van der Waals surface area contributed by atoms with Crippen LogP contribution in [0.2, 0.25) is 0 Å². The molecule has 1 aromatic carbocycles. The summed E-state index contributed by atoms with van der Waals surface area (Å²) in [5, 5.41) is 0. The van der Waals surface area contributed by atoms with Gasteiger partial charge in [0.15, 0.2) is 0 Å². The largest absolute Gasteiger partial charge is 0.330 e. The van der Waals surface area contributed by atoms with Crippen LogP contribution in [0.25, 0.3) is 0 Å². The van der Waals surface area contributed by atoms with Crippen LogP contribution in [-0.4, -0.2) is 12.3 Å². The summed E-state index contributed by atoms with van der Waals surface area (Å²) >= 11 is 3.10. The molecule has 0 aromatic heterocycles. The van der Waals surface area contributed by atoms with E-state index < -0.39 is 0 Å². The molecule has 0 saturated heterocycles. The Labute approximate surface area is 103 Å². The van der Waals surface area contributed by atoms with Crippen LogP contribution < -0.4 is 5.73 Å². The molecule has 1 aromatic rings. The summed E-state index contributed by atoms with van der Waals surface area (Å²) in [5.74, 6) is -0.297. The molecular weight excluding hydrogens is 273 g/mol. The Bertz CT molecular complexity index is 377. The van der Waals surface area contributed by atoms with Crippen molar-refractivity contribution in [1.82, 2.24) is 0 Å². The van der Waals surface area contributed by atoms with Gasteiger partial charge < -0.3 is 5.73 Å². The number of carbonyl (C=O) groups is 1. The number of Topliss-reactive ketones (excluding diaryl/α,β-unsaturated/α-hetero) is 1. The van der Waals surface area contributed by atoms with Gasteiger partial charge in [-0.2, -0.15) is 0 Å². The predicted octanol–water partition coefficient (Wildman–Crippen LogP) is 2.68. The minimum atomic E-state index is -0.318. The summed E-state index contributed by atoms with van der Waals surface area (Å²) in [6.07, 6.45) is 1.06. The number of rotatable bonds is 5. The van der Waals surface area contributed by atoms with Crippen molar-refractivity contribution in [2.45, 2.75) is 19.8 Å². The predicted molar refractivity (Wildman–Crippen MR) is 65.6 cm³/mol. The zero-order valence-electron chi connectivity index (χ0n) is 9.17. The van der Waals surface area contributed by atoms with Crippen molar-refractivity contribution < 1.29 is 9.18 Å². The van der Waals surface area contributed by atoms with Crippen LogP contribution in [0.5, 0.6) is 0 Å². The molecule has 1 rings (SSSR count). The molecule has 0 saturated carbocycles. The molecule has 0 radical (unpaired) electrons. The average molecular weight is 288 g/mol. The van der Waals surface area contributed by atoms with Gasteiger partial charge in [0.2, 0.25) is 0 Å². The van der Waals surface area contributed by atoms with Crippen LogP contribution in [0.3, 0.4) is 0 Å². The van der Waals surface area contributed by atoms with E-state index >= 15 is 0 Å². The first-order chi connectivity index (χ1) is 7.58. The molecule has 0 fully saturated rings. The highest BCUT2D eigenvalue weighted by Crippen LogP contribution is 2.18. The van der Waals surface area contributed by atoms with Gasteiger partial charge in [0.05, 0.1) is 4.47 Å². The van der Waals surface area contributed by atoms with Crippen molar-refractivity contribution in [3.8, 4) is 0 Å². The van der Waals surface area contributed by atoms with Gasteiger partial charge >= 0.3 is 0 Å². The number of halogens is 2. The van der Waals surface area contributed by atoms with Gasteiger partial charge in [0.25, 0.3) is 0 Å². The molecule has 4 heteroatoms. The maximum absolute atomic E-state index is 13.0. The fourth-order valence-electron chi connectivity index (χ4n) is 1.52. The van der Waals surface area contributed by atoms with E-state index in [1.165, 1.54) is 6.07 Å². The van der Waals surface area contributed by atoms with Crippen molar-refractivity contribution >= 4 is 21.7 Å². The quantitative estimate of drug-likeness (QED) is 0.905. The van der Waals surface area contributed by atoms with Gasteiger partial charge in [-0.3, -0.25) is 4.79 Å². The smallest absolute Gasteiger partial charge is 0.141 e. The van der Waals surface area contributed by atoms with E-state index in [1.54, 1.807) is 12.1 Å². The van der Waals surface area contributed by atoms with Crippen molar-refractivity contribution in [2.24, 2.45) is 11.7 Å². The number of nitrogens with two attached hydrogens (primary N) is 1. The Morgan fingerprint density at radius 2 is 2.25 bits per heavy atom. The molecule has 0 aliphatic heterocycles. The Balaban J connectivity index is 2.73.